The Morgan fingerprint density at radius 3 is 2.44 bits per heavy atom. The number of ketones is 2. The molecular weight excluding hydrogens is 504 g/mol. The molecule has 1 amide bonds. The highest BCUT2D eigenvalue weighted by molar-refractivity contribution is 6.24. The first-order valence-corrected chi connectivity index (χ1v) is 13.5. The highest BCUT2D eigenvalue weighted by Gasteiger charge is 2.64. The average Bonchev–Trinajstić information content (AvgIpc) is 2.87. The van der Waals surface area contributed by atoms with Gasteiger partial charge in [-0.3, -0.25) is 19.3 Å². The Bertz CT molecular complexity index is 1320. The molecule has 0 aliphatic heterocycles. The number of hydrogen-bond donors (Lipinski definition) is 5. The summed E-state index contributed by atoms with van der Waals surface area (Å²) in [5, 5.41) is 45.3. The van der Waals surface area contributed by atoms with Crippen LogP contribution in [-0.2, 0) is 32.1 Å². The van der Waals surface area contributed by atoms with Crippen molar-refractivity contribution in [3.05, 3.63) is 45.2 Å². The van der Waals surface area contributed by atoms with Crippen molar-refractivity contribution in [3.63, 3.8) is 0 Å². The van der Waals surface area contributed by atoms with Crippen molar-refractivity contribution in [2.75, 3.05) is 14.1 Å². The second-order valence-electron chi connectivity index (χ2n) is 11.6. The maximum absolute atomic E-state index is 14.0. The zero-order valence-electron chi connectivity index (χ0n) is 22.5. The summed E-state index contributed by atoms with van der Waals surface area (Å²) in [6, 6.07) is 0.729. The normalized spacial score (nSPS) is 29.4. The van der Waals surface area contributed by atoms with E-state index in [0.29, 0.717) is 11.1 Å². The van der Waals surface area contributed by atoms with Crippen molar-refractivity contribution in [3.8, 4) is 5.75 Å². The summed E-state index contributed by atoms with van der Waals surface area (Å²) in [4.78, 5) is 40.7. The number of rotatable bonds is 5. The topological polar surface area (TPSA) is 171 Å². The number of phenols is 1. The average molecular weight is 541 g/mol. The van der Waals surface area contributed by atoms with Crippen LogP contribution in [0.1, 0.15) is 60.8 Å². The molecule has 0 saturated heterocycles. The Morgan fingerprint density at radius 1 is 1.15 bits per heavy atom. The predicted octanol–water partition coefficient (Wildman–Crippen LogP) is 2.12. The minimum absolute atomic E-state index is 0.0680. The fraction of sp³-hybridized carbons (Fsp3) is 0.552. The van der Waals surface area contributed by atoms with Gasteiger partial charge in [0.25, 0.3) is 5.91 Å². The Labute approximate surface area is 226 Å². The number of phenolic OH excluding ortho intramolecular Hbond substituents is 1. The van der Waals surface area contributed by atoms with E-state index in [-0.39, 0.29) is 42.4 Å². The predicted molar refractivity (Wildman–Crippen MR) is 141 cm³/mol. The molecule has 6 N–H and O–H groups in total. The van der Waals surface area contributed by atoms with Crippen LogP contribution in [0.4, 0.5) is 0 Å². The fourth-order valence-electron chi connectivity index (χ4n) is 7.12. The minimum atomic E-state index is -2.64. The van der Waals surface area contributed by atoms with Crippen molar-refractivity contribution in [1.82, 2.24) is 4.90 Å². The number of aliphatic hydroxyl groups excluding tert-OH is 2. The van der Waals surface area contributed by atoms with Gasteiger partial charge in [0.15, 0.2) is 11.4 Å². The number of nitrogens with zero attached hydrogens (tertiary/aromatic N) is 1. The number of carbonyl (C=O) groups excluding carboxylic acids is 3. The Hall–Kier alpha value is -3.21. The highest BCUT2D eigenvalue weighted by Crippen LogP contribution is 2.53. The highest BCUT2D eigenvalue weighted by atomic mass is 16.5. The third-order valence-electron chi connectivity index (χ3n) is 9.05. The van der Waals surface area contributed by atoms with Crippen LogP contribution >= 0.6 is 0 Å². The van der Waals surface area contributed by atoms with Gasteiger partial charge in [0.05, 0.1) is 24.3 Å². The van der Waals surface area contributed by atoms with Crippen LogP contribution in [0, 0.1) is 18.8 Å². The van der Waals surface area contributed by atoms with Gasteiger partial charge < -0.3 is 30.9 Å². The summed E-state index contributed by atoms with van der Waals surface area (Å²) >= 11 is 0. The molecule has 1 aromatic rings. The summed E-state index contributed by atoms with van der Waals surface area (Å²) in [6.45, 7) is 2.01. The lowest BCUT2D eigenvalue weighted by molar-refractivity contribution is -0.153. The molecule has 2 fully saturated rings. The number of carbonyl (C=O) groups is 3. The third kappa shape index (κ3) is 4.08. The summed E-state index contributed by atoms with van der Waals surface area (Å²) in [7, 11) is 3.15. The monoisotopic (exact) mass is 540 g/mol. The maximum atomic E-state index is 14.0. The smallest absolute Gasteiger partial charge is 0.255 e. The number of benzene rings is 1. The number of nitrogens with two attached hydrogens (primary N) is 1. The third-order valence-corrected chi connectivity index (χ3v) is 9.05. The molecule has 4 atom stereocenters. The standard InChI is InChI=1S/C29H36N2O8/c1-13-9-15(12-39-16-7-5-4-6-8-16)23(32)20-17(13)10-14-11-18-22(31(2)3)25(34)21(28(30)37)27(36)29(18,38)26(35)19(14)24(20)33/h9,14,16,18,22,32-33,36,38H,4-8,10-12H2,1-3H3,(H2,30,37). The number of aryl methyl sites for hydroxylation is 1. The molecule has 1 aromatic carbocycles. The van der Waals surface area contributed by atoms with E-state index in [0.717, 1.165) is 31.2 Å². The Kier molecular flexibility index (Phi) is 6.85. The number of Topliss-reactive ketones (excluding diaryl/α,β-unsaturated/α-hetero) is 2. The van der Waals surface area contributed by atoms with Crippen LogP contribution in [0.15, 0.2) is 23.0 Å². The quantitative estimate of drug-likeness (QED) is 0.351. The lowest BCUT2D eigenvalue weighted by Crippen LogP contribution is -2.65. The number of primary amides is 1. The summed E-state index contributed by atoms with van der Waals surface area (Å²) in [6.07, 6.45) is 5.73. The van der Waals surface area contributed by atoms with E-state index in [1.165, 1.54) is 11.3 Å². The second kappa shape index (κ2) is 9.76. The van der Waals surface area contributed by atoms with Gasteiger partial charge in [0, 0.05) is 17.1 Å². The molecule has 0 bridgehead atoms. The van der Waals surface area contributed by atoms with Crippen molar-refractivity contribution < 1.29 is 39.5 Å². The van der Waals surface area contributed by atoms with Gasteiger partial charge >= 0.3 is 0 Å². The molecule has 0 aromatic heterocycles. The number of amides is 1. The first-order valence-electron chi connectivity index (χ1n) is 13.5. The Balaban J connectivity index is 1.60. The van der Waals surface area contributed by atoms with Crippen molar-refractivity contribution >= 4 is 23.2 Å². The maximum Gasteiger partial charge on any atom is 0.255 e. The van der Waals surface area contributed by atoms with E-state index < -0.39 is 58.0 Å². The molecule has 0 radical (unpaired) electrons. The van der Waals surface area contributed by atoms with Gasteiger partial charge in [0.2, 0.25) is 5.78 Å². The van der Waals surface area contributed by atoms with E-state index in [9.17, 15) is 34.8 Å². The van der Waals surface area contributed by atoms with Crippen LogP contribution in [0.25, 0.3) is 5.76 Å². The number of aromatic hydroxyl groups is 1. The molecule has 10 heteroatoms. The van der Waals surface area contributed by atoms with Crippen LogP contribution < -0.4 is 5.73 Å². The number of aliphatic hydroxyl groups is 3. The van der Waals surface area contributed by atoms with Gasteiger partial charge in [-0.15, -0.1) is 0 Å². The number of fused-ring (bicyclic) bond motifs is 3. The molecule has 39 heavy (non-hydrogen) atoms. The van der Waals surface area contributed by atoms with Crippen molar-refractivity contribution in [2.45, 2.75) is 76.2 Å². The van der Waals surface area contributed by atoms with Crippen LogP contribution in [0.3, 0.4) is 0 Å². The molecule has 2 saturated carbocycles. The van der Waals surface area contributed by atoms with Gasteiger partial charge in [-0.2, -0.15) is 0 Å². The number of ether oxygens (including phenoxy) is 1. The zero-order valence-corrected chi connectivity index (χ0v) is 22.5. The minimum Gasteiger partial charge on any atom is -0.508 e. The molecule has 10 nitrogen and oxygen atoms in total. The molecule has 5 rings (SSSR count). The molecule has 0 heterocycles. The first-order chi connectivity index (χ1) is 18.4. The van der Waals surface area contributed by atoms with Gasteiger partial charge in [-0.05, 0) is 69.8 Å². The number of likely N-dealkylation sites (N-methyl/N-ethyl adjacent to an activating group) is 1. The van der Waals surface area contributed by atoms with E-state index in [4.69, 9.17) is 10.5 Å². The fourth-order valence-corrected chi connectivity index (χ4v) is 7.12. The van der Waals surface area contributed by atoms with E-state index >= 15 is 0 Å². The van der Waals surface area contributed by atoms with Crippen LogP contribution in [-0.4, -0.2) is 74.6 Å². The summed E-state index contributed by atoms with van der Waals surface area (Å²) in [5.41, 5.74) is 3.82. The zero-order chi connectivity index (χ0) is 28.4. The molecule has 4 aliphatic rings. The second-order valence-corrected chi connectivity index (χ2v) is 11.6. The van der Waals surface area contributed by atoms with Gasteiger partial charge in [0.1, 0.15) is 22.8 Å². The molecule has 4 aliphatic carbocycles. The van der Waals surface area contributed by atoms with Crippen molar-refractivity contribution in [2.24, 2.45) is 17.6 Å². The molecular formula is C29H36N2O8. The first kappa shape index (κ1) is 27.4. The van der Waals surface area contributed by atoms with Crippen molar-refractivity contribution in [1.29, 1.82) is 0 Å². The summed E-state index contributed by atoms with van der Waals surface area (Å²) in [5.74, 6) is -6.47. The number of hydrogen-bond acceptors (Lipinski definition) is 9. The van der Waals surface area contributed by atoms with E-state index in [2.05, 4.69) is 0 Å². The Morgan fingerprint density at radius 2 is 1.82 bits per heavy atom. The molecule has 0 spiro atoms. The lowest BCUT2D eigenvalue weighted by Gasteiger charge is -2.50. The molecule has 210 valence electrons. The van der Waals surface area contributed by atoms with E-state index in [1.54, 1.807) is 14.1 Å². The van der Waals surface area contributed by atoms with Gasteiger partial charge in [-0.25, -0.2) is 0 Å². The summed E-state index contributed by atoms with van der Waals surface area (Å²) < 4.78 is 6.05. The van der Waals surface area contributed by atoms with Crippen LogP contribution in [0.5, 0.6) is 5.75 Å². The largest absolute Gasteiger partial charge is 0.508 e. The van der Waals surface area contributed by atoms with Crippen LogP contribution in [0.2, 0.25) is 0 Å². The van der Waals surface area contributed by atoms with E-state index in [1.807, 2.05) is 13.0 Å². The van der Waals surface area contributed by atoms with Gasteiger partial charge in [-0.1, -0.05) is 19.3 Å². The lowest BCUT2D eigenvalue weighted by atomic mass is 9.57. The SMILES string of the molecule is Cc1cc(COC2CCCCC2)c(O)c2c1CC1CC3C(N(C)C)C(=O)C(C(N)=O)=C(O)C3(O)C(=O)C1=C2O. The molecule has 4 unspecified atom stereocenters.